The van der Waals surface area contributed by atoms with Gasteiger partial charge in [-0.2, -0.15) is 0 Å². The second-order valence-electron chi connectivity index (χ2n) is 11.4. The standard InChI is InChI=1S/C35H53N5O13/c1-6-8-19-52-39-28(34(45)48-4)12-10-26(32(39)43)30(41)36-14-16-38(18-21-50-24-25-51-23-22-47-3)17-15-37-31(42)27-11-13-29(35(46)49-5)40(33(27)44)53-20-9-7-2/h10-13H,6-9,14-25H2,1-5H3,(H,36,41)(H,37,42). The van der Waals surface area contributed by atoms with Crippen LogP contribution in [0.1, 0.15) is 81.2 Å². The third kappa shape index (κ3) is 14.6. The first-order chi connectivity index (χ1) is 25.6. The van der Waals surface area contributed by atoms with E-state index in [1.165, 1.54) is 38.5 Å². The Morgan fingerprint density at radius 3 is 1.45 bits per heavy atom. The second kappa shape index (κ2) is 25.2. The number of esters is 2. The number of hydrogen-bond donors (Lipinski definition) is 2. The fourth-order valence-electron chi connectivity index (χ4n) is 4.59. The zero-order valence-corrected chi connectivity index (χ0v) is 31.3. The minimum atomic E-state index is -0.809. The highest BCUT2D eigenvalue weighted by atomic mass is 16.7. The molecule has 18 heteroatoms. The van der Waals surface area contributed by atoms with Crippen LogP contribution >= 0.6 is 0 Å². The summed E-state index contributed by atoms with van der Waals surface area (Å²) < 4.78 is 27.1. The van der Waals surface area contributed by atoms with Gasteiger partial charge >= 0.3 is 11.9 Å². The molecule has 0 aliphatic heterocycles. The van der Waals surface area contributed by atoms with Gasteiger partial charge in [0.1, 0.15) is 24.3 Å². The van der Waals surface area contributed by atoms with Crippen molar-refractivity contribution in [2.75, 3.05) is 100 Å². The van der Waals surface area contributed by atoms with Crippen LogP contribution in [0.2, 0.25) is 0 Å². The number of carbonyl (C=O) groups excluding carboxylic acids is 4. The number of ether oxygens (including phenoxy) is 5. The Morgan fingerprint density at radius 2 is 1.04 bits per heavy atom. The SMILES string of the molecule is CCCCOn1c(C(=O)OC)ccc(C(=O)NCCN(CCNC(=O)c2ccc(C(=O)OC)n(OCCCC)c2=O)CCOCCOCCOC)c1=O. The third-order valence-corrected chi connectivity index (χ3v) is 7.58. The fourth-order valence-corrected chi connectivity index (χ4v) is 4.59. The zero-order valence-electron chi connectivity index (χ0n) is 31.3. The molecule has 0 spiro atoms. The van der Waals surface area contributed by atoms with Gasteiger partial charge < -0.3 is 44.0 Å². The van der Waals surface area contributed by atoms with Gasteiger partial charge in [-0.05, 0) is 37.1 Å². The molecular weight excluding hydrogens is 698 g/mol. The Hall–Kier alpha value is -4.78. The van der Waals surface area contributed by atoms with E-state index < -0.39 is 34.9 Å². The molecular formula is C35H53N5O13. The number of rotatable bonds is 27. The van der Waals surface area contributed by atoms with Crippen LogP contribution in [0.3, 0.4) is 0 Å². The molecule has 0 saturated carbocycles. The molecule has 0 radical (unpaired) electrons. The highest BCUT2D eigenvalue weighted by Crippen LogP contribution is 2.04. The van der Waals surface area contributed by atoms with Gasteiger partial charge in [-0.1, -0.05) is 26.7 Å². The summed E-state index contributed by atoms with van der Waals surface area (Å²) in [4.78, 5) is 89.9. The molecule has 18 nitrogen and oxygen atoms in total. The Bertz CT molecular complexity index is 1470. The molecule has 2 heterocycles. The van der Waals surface area contributed by atoms with Gasteiger partial charge in [0.15, 0.2) is 11.4 Å². The van der Waals surface area contributed by atoms with Crippen molar-refractivity contribution in [3.05, 3.63) is 67.5 Å². The number of unbranched alkanes of at least 4 members (excludes halogenated alkanes) is 2. The van der Waals surface area contributed by atoms with Gasteiger partial charge in [-0.15, -0.1) is 9.46 Å². The predicted molar refractivity (Wildman–Crippen MR) is 191 cm³/mol. The van der Waals surface area contributed by atoms with E-state index in [2.05, 4.69) is 10.6 Å². The van der Waals surface area contributed by atoms with Crippen molar-refractivity contribution < 1.29 is 52.5 Å². The normalized spacial score (nSPS) is 10.9. The lowest BCUT2D eigenvalue weighted by atomic mass is 10.2. The number of amides is 2. The maximum absolute atomic E-state index is 13.2. The molecule has 0 aliphatic carbocycles. The number of nitrogens with zero attached hydrogens (tertiary/aromatic N) is 3. The average molecular weight is 752 g/mol. The number of methoxy groups -OCH3 is 3. The largest absolute Gasteiger partial charge is 0.464 e. The average Bonchev–Trinajstić information content (AvgIpc) is 3.15. The van der Waals surface area contributed by atoms with Crippen LogP contribution in [-0.4, -0.2) is 138 Å². The highest BCUT2D eigenvalue weighted by molar-refractivity contribution is 5.95. The zero-order chi connectivity index (χ0) is 39.0. The first kappa shape index (κ1) is 44.4. The van der Waals surface area contributed by atoms with E-state index in [1.807, 2.05) is 18.7 Å². The summed E-state index contributed by atoms with van der Waals surface area (Å²) in [5, 5.41) is 5.43. The summed E-state index contributed by atoms with van der Waals surface area (Å²) in [5.41, 5.74) is -2.37. The van der Waals surface area contributed by atoms with Crippen molar-refractivity contribution in [1.82, 2.24) is 25.0 Å². The van der Waals surface area contributed by atoms with Crippen LogP contribution in [0.5, 0.6) is 0 Å². The fraction of sp³-hybridized carbons (Fsp3) is 0.600. The van der Waals surface area contributed by atoms with E-state index in [4.69, 9.17) is 33.4 Å². The molecule has 0 fully saturated rings. The minimum Gasteiger partial charge on any atom is -0.464 e. The van der Waals surface area contributed by atoms with E-state index >= 15 is 0 Å². The Labute approximate surface area is 308 Å². The summed E-state index contributed by atoms with van der Waals surface area (Å²) in [6.07, 6.45) is 2.82. The van der Waals surface area contributed by atoms with Crippen molar-refractivity contribution in [3.8, 4) is 0 Å². The minimum absolute atomic E-state index is 0.108. The number of aromatic nitrogens is 2. The van der Waals surface area contributed by atoms with Crippen LogP contribution in [0, 0.1) is 0 Å². The van der Waals surface area contributed by atoms with Gasteiger partial charge in [0.05, 0.1) is 47.3 Å². The van der Waals surface area contributed by atoms with Gasteiger partial charge in [-0.25, -0.2) is 9.59 Å². The van der Waals surface area contributed by atoms with Crippen molar-refractivity contribution in [1.29, 1.82) is 0 Å². The first-order valence-corrected chi connectivity index (χ1v) is 17.5. The Balaban J connectivity index is 2.11. The van der Waals surface area contributed by atoms with Gasteiger partial charge in [0, 0.05) is 39.8 Å². The van der Waals surface area contributed by atoms with Crippen molar-refractivity contribution in [3.63, 3.8) is 0 Å². The van der Waals surface area contributed by atoms with Crippen LogP contribution in [0.25, 0.3) is 0 Å². The maximum atomic E-state index is 13.2. The van der Waals surface area contributed by atoms with E-state index in [0.717, 1.165) is 22.3 Å². The van der Waals surface area contributed by atoms with Crippen molar-refractivity contribution in [2.45, 2.75) is 39.5 Å². The van der Waals surface area contributed by atoms with E-state index in [9.17, 15) is 28.8 Å². The quantitative estimate of drug-likeness (QED) is 0.0924. The Morgan fingerprint density at radius 1 is 0.604 bits per heavy atom. The molecule has 0 aliphatic rings. The monoisotopic (exact) mass is 751 g/mol. The highest BCUT2D eigenvalue weighted by Gasteiger charge is 2.22. The van der Waals surface area contributed by atoms with Crippen LogP contribution < -0.4 is 31.4 Å². The van der Waals surface area contributed by atoms with Gasteiger partial charge in [0.25, 0.3) is 22.9 Å². The van der Waals surface area contributed by atoms with Crippen LogP contribution in [0.4, 0.5) is 0 Å². The molecule has 0 atom stereocenters. The molecule has 2 N–H and O–H groups in total. The molecule has 2 rings (SSSR count). The van der Waals surface area contributed by atoms with Crippen LogP contribution in [-0.2, 0) is 23.7 Å². The number of nitrogens with one attached hydrogen (secondary N) is 2. The van der Waals surface area contributed by atoms with Crippen molar-refractivity contribution >= 4 is 23.8 Å². The molecule has 2 aromatic heterocycles. The van der Waals surface area contributed by atoms with E-state index in [0.29, 0.717) is 65.5 Å². The van der Waals surface area contributed by atoms with Gasteiger partial charge in [-0.3, -0.25) is 24.1 Å². The summed E-state index contributed by atoms with van der Waals surface area (Å²) in [7, 11) is 3.93. The molecule has 0 aromatic carbocycles. The Kier molecular flexibility index (Phi) is 21.1. The lowest BCUT2D eigenvalue weighted by Crippen LogP contribution is -2.43. The maximum Gasteiger partial charge on any atom is 0.358 e. The molecule has 2 aromatic rings. The molecule has 2 amide bonds. The first-order valence-electron chi connectivity index (χ1n) is 17.5. The van der Waals surface area contributed by atoms with E-state index in [1.54, 1.807) is 7.11 Å². The summed E-state index contributed by atoms with van der Waals surface area (Å²) in [6, 6.07) is 5.04. The summed E-state index contributed by atoms with van der Waals surface area (Å²) in [6.45, 7) is 7.32. The summed E-state index contributed by atoms with van der Waals surface area (Å²) >= 11 is 0. The number of carbonyl (C=O) groups is 4. The lowest BCUT2D eigenvalue weighted by molar-refractivity contribution is 0.0196. The van der Waals surface area contributed by atoms with E-state index in [-0.39, 0.29) is 48.8 Å². The molecule has 296 valence electrons. The topological polar surface area (TPSA) is 204 Å². The third-order valence-electron chi connectivity index (χ3n) is 7.58. The van der Waals surface area contributed by atoms with Gasteiger partial charge in [0.2, 0.25) is 0 Å². The van der Waals surface area contributed by atoms with Crippen LogP contribution in [0.15, 0.2) is 33.9 Å². The predicted octanol–water partition coefficient (Wildman–Crippen LogP) is 0.182. The second-order valence-corrected chi connectivity index (χ2v) is 11.4. The molecule has 0 unspecified atom stereocenters. The molecule has 0 saturated heterocycles. The molecule has 53 heavy (non-hydrogen) atoms. The lowest BCUT2D eigenvalue weighted by Gasteiger charge is -2.23. The van der Waals surface area contributed by atoms with Crippen molar-refractivity contribution in [2.24, 2.45) is 0 Å². The summed E-state index contributed by atoms with van der Waals surface area (Å²) in [5.74, 6) is -2.93. The smallest absolute Gasteiger partial charge is 0.358 e. The number of pyridine rings is 2. The number of hydrogen-bond acceptors (Lipinski definition) is 14. The molecule has 0 bridgehead atoms.